The number of hydrogen-bond acceptors (Lipinski definition) is 5. The lowest BCUT2D eigenvalue weighted by Gasteiger charge is -2.31. The van der Waals surface area contributed by atoms with Crippen LogP contribution in [0.15, 0.2) is 36.7 Å². The number of benzene rings is 1. The summed E-state index contributed by atoms with van der Waals surface area (Å²) in [5.41, 5.74) is 9.85. The number of sulfonamides is 1. The number of hydrogen-bond donors (Lipinski definition) is 3. The van der Waals surface area contributed by atoms with E-state index in [0.717, 1.165) is 52.8 Å². The van der Waals surface area contributed by atoms with E-state index in [0.29, 0.717) is 24.6 Å². The summed E-state index contributed by atoms with van der Waals surface area (Å²) < 4.78 is 26.1. The van der Waals surface area contributed by atoms with E-state index in [2.05, 4.69) is 35.2 Å². The first kappa shape index (κ1) is 24.2. The lowest BCUT2D eigenvalue weighted by Crippen LogP contribution is -2.38. The summed E-state index contributed by atoms with van der Waals surface area (Å²) in [6.07, 6.45) is 5.17. The maximum atomic E-state index is 12.3. The van der Waals surface area contributed by atoms with Crippen molar-refractivity contribution in [2.75, 3.05) is 30.7 Å². The Labute approximate surface area is 201 Å². The van der Waals surface area contributed by atoms with Crippen LogP contribution in [0.2, 0.25) is 0 Å². The number of nitrogens with two attached hydrogens (primary N) is 1. The van der Waals surface area contributed by atoms with Gasteiger partial charge in [0.1, 0.15) is 5.82 Å². The number of H-pyrrole nitrogens is 1. The van der Waals surface area contributed by atoms with Gasteiger partial charge in [0.15, 0.2) is 0 Å². The highest BCUT2D eigenvalue weighted by Gasteiger charge is 2.29. The third-order valence-corrected chi connectivity index (χ3v) is 8.41. The average Bonchev–Trinajstić information content (AvgIpc) is 3.26. The molecule has 34 heavy (non-hydrogen) atoms. The Hall–Kier alpha value is -2.91. The molecule has 1 aromatic carbocycles. The predicted octanol–water partition coefficient (Wildman–Crippen LogP) is 3.93. The van der Waals surface area contributed by atoms with Crippen molar-refractivity contribution in [1.29, 1.82) is 0 Å². The van der Waals surface area contributed by atoms with Gasteiger partial charge < -0.3 is 16.0 Å². The van der Waals surface area contributed by atoms with E-state index in [1.807, 2.05) is 24.4 Å². The monoisotopic (exact) mass is 483 g/mol. The van der Waals surface area contributed by atoms with Gasteiger partial charge in [0, 0.05) is 37.4 Å². The van der Waals surface area contributed by atoms with Gasteiger partial charge >= 0.3 is 0 Å². The minimum Gasteiger partial charge on any atom is -0.370 e. The molecule has 0 unspecified atom stereocenters. The largest absolute Gasteiger partial charge is 0.370 e. The van der Waals surface area contributed by atoms with Gasteiger partial charge in [-0.1, -0.05) is 13.8 Å². The maximum absolute atomic E-state index is 12.3. The van der Waals surface area contributed by atoms with Crippen LogP contribution in [0, 0.1) is 5.92 Å². The number of nitrogens with one attached hydrogen (secondary N) is 2. The Morgan fingerprint density at radius 1 is 1.24 bits per heavy atom. The van der Waals surface area contributed by atoms with Crippen molar-refractivity contribution in [3.63, 3.8) is 0 Å². The number of carbonyl (C=O) groups excluding carboxylic acids is 1. The van der Waals surface area contributed by atoms with Crippen molar-refractivity contribution in [1.82, 2.24) is 14.3 Å². The Morgan fingerprint density at radius 2 is 1.97 bits per heavy atom. The summed E-state index contributed by atoms with van der Waals surface area (Å²) in [7, 11) is -3.18. The van der Waals surface area contributed by atoms with E-state index in [9.17, 15) is 13.2 Å². The number of aromatic amines is 1. The minimum absolute atomic E-state index is 0.121. The van der Waals surface area contributed by atoms with Crippen LogP contribution in [-0.4, -0.2) is 54.0 Å². The first-order chi connectivity index (χ1) is 16.2. The van der Waals surface area contributed by atoms with Crippen molar-refractivity contribution in [3.8, 4) is 11.1 Å². The highest BCUT2D eigenvalue weighted by Crippen LogP contribution is 2.37. The molecule has 8 nitrogen and oxygen atoms in total. The van der Waals surface area contributed by atoms with Gasteiger partial charge in [0.05, 0.1) is 16.8 Å². The SMILES string of the molecule is CCS(=O)(=O)N1CCC(c2c[nH]c3c(C(N)=O)cc(-c4ccnc(NCC(C)C)c4)cc23)CC1. The summed E-state index contributed by atoms with van der Waals surface area (Å²) in [5.74, 6) is 1.11. The van der Waals surface area contributed by atoms with Crippen LogP contribution in [0.25, 0.3) is 22.0 Å². The second kappa shape index (κ2) is 9.76. The number of piperidine rings is 1. The van der Waals surface area contributed by atoms with Gasteiger partial charge in [0.25, 0.3) is 5.91 Å². The summed E-state index contributed by atoms with van der Waals surface area (Å²) >= 11 is 0. The molecule has 1 fully saturated rings. The van der Waals surface area contributed by atoms with Crippen LogP contribution >= 0.6 is 0 Å². The quantitative estimate of drug-likeness (QED) is 0.448. The number of carbonyl (C=O) groups is 1. The molecule has 0 spiro atoms. The molecule has 0 radical (unpaired) electrons. The van der Waals surface area contributed by atoms with Crippen LogP contribution in [0.3, 0.4) is 0 Å². The van der Waals surface area contributed by atoms with Gasteiger partial charge in [0.2, 0.25) is 10.0 Å². The summed E-state index contributed by atoms with van der Waals surface area (Å²) in [6.45, 7) is 7.78. The number of rotatable bonds is 8. The van der Waals surface area contributed by atoms with Crippen molar-refractivity contribution in [2.24, 2.45) is 11.7 Å². The lowest BCUT2D eigenvalue weighted by molar-refractivity contribution is 0.100. The molecule has 1 amide bonds. The minimum atomic E-state index is -3.18. The van der Waals surface area contributed by atoms with Gasteiger partial charge in [-0.3, -0.25) is 4.79 Å². The van der Waals surface area contributed by atoms with E-state index in [-0.39, 0.29) is 11.7 Å². The smallest absolute Gasteiger partial charge is 0.250 e. The fourth-order valence-corrected chi connectivity index (χ4v) is 5.73. The Morgan fingerprint density at radius 3 is 2.62 bits per heavy atom. The fourth-order valence-electron chi connectivity index (χ4n) is 4.59. The molecule has 0 saturated carbocycles. The van der Waals surface area contributed by atoms with Gasteiger partial charge in [-0.05, 0) is 72.6 Å². The molecule has 9 heteroatoms. The van der Waals surface area contributed by atoms with Crippen LogP contribution in [0.4, 0.5) is 5.82 Å². The molecule has 1 aliphatic heterocycles. The van der Waals surface area contributed by atoms with Gasteiger partial charge in [-0.15, -0.1) is 0 Å². The fraction of sp³-hybridized carbons (Fsp3) is 0.440. The van der Waals surface area contributed by atoms with Crippen LogP contribution in [0.5, 0.6) is 0 Å². The second-order valence-electron chi connectivity index (χ2n) is 9.33. The zero-order valence-electron chi connectivity index (χ0n) is 20.0. The summed E-state index contributed by atoms with van der Waals surface area (Å²) in [5, 5.41) is 4.30. The summed E-state index contributed by atoms with van der Waals surface area (Å²) in [4.78, 5) is 20.0. The molecule has 182 valence electrons. The number of nitrogens with zero attached hydrogens (tertiary/aromatic N) is 2. The first-order valence-electron chi connectivity index (χ1n) is 11.8. The number of aromatic nitrogens is 2. The lowest BCUT2D eigenvalue weighted by atomic mass is 9.88. The van der Waals surface area contributed by atoms with Gasteiger partial charge in [-0.2, -0.15) is 0 Å². The zero-order valence-corrected chi connectivity index (χ0v) is 20.8. The molecule has 1 saturated heterocycles. The standard InChI is InChI=1S/C25H33N5O3S/c1-4-34(32,33)30-9-6-17(7-10-30)22-15-29-24-20(22)11-19(12-21(24)25(26)31)18-5-8-27-23(13-18)28-14-16(2)3/h5,8,11-13,15-17,29H,4,6-7,9-10,14H2,1-3H3,(H2,26,31)(H,27,28). The highest BCUT2D eigenvalue weighted by atomic mass is 32.2. The number of pyridine rings is 1. The molecule has 3 heterocycles. The molecule has 0 aliphatic carbocycles. The van der Waals surface area contributed by atoms with E-state index in [1.165, 1.54) is 0 Å². The first-order valence-corrected chi connectivity index (χ1v) is 13.4. The maximum Gasteiger partial charge on any atom is 0.250 e. The van der Waals surface area contributed by atoms with E-state index in [1.54, 1.807) is 17.4 Å². The van der Waals surface area contributed by atoms with Crippen molar-refractivity contribution >= 4 is 32.7 Å². The van der Waals surface area contributed by atoms with Crippen molar-refractivity contribution in [2.45, 2.75) is 39.5 Å². The number of fused-ring (bicyclic) bond motifs is 1. The van der Waals surface area contributed by atoms with Crippen LogP contribution < -0.4 is 11.1 Å². The molecule has 2 aromatic heterocycles. The predicted molar refractivity (Wildman–Crippen MR) is 136 cm³/mol. The highest BCUT2D eigenvalue weighted by molar-refractivity contribution is 7.89. The Balaban J connectivity index is 1.70. The summed E-state index contributed by atoms with van der Waals surface area (Å²) in [6, 6.07) is 7.81. The van der Waals surface area contributed by atoms with E-state index < -0.39 is 15.9 Å². The Bertz CT molecular complexity index is 1290. The normalized spacial score (nSPS) is 15.8. The number of primary amides is 1. The third kappa shape index (κ3) is 4.95. The number of amides is 1. The molecule has 3 aromatic rings. The molecular weight excluding hydrogens is 450 g/mol. The van der Waals surface area contributed by atoms with Gasteiger partial charge in [-0.25, -0.2) is 17.7 Å². The molecule has 0 bridgehead atoms. The average molecular weight is 484 g/mol. The second-order valence-corrected chi connectivity index (χ2v) is 11.6. The third-order valence-electron chi connectivity index (χ3n) is 6.52. The molecular formula is C25H33N5O3S. The topological polar surface area (TPSA) is 121 Å². The van der Waals surface area contributed by atoms with Crippen LogP contribution in [0.1, 0.15) is 55.5 Å². The number of anilines is 1. The molecule has 4 rings (SSSR count). The van der Waals surface area contributed by atoms with E-state index >= 15 is 0 Å². The van der Waals surface area contributed by atoms with Crippen molar-refractivity contribution < 1.29 is 13.2 Å². The van der Waals surface area contributed by atoms with E-state index in [4.69, 9.17) is 5.73 Å². The Kier molecular flexibility index (Phi) is 6.95. The van der Waals surface area contributed by atoms with Crippen molar-refractivity contribution in [3.05, 3.63) is 47.8 Å². The van der Waals surface area contributed by atoms with Crippen LogP contribution in [-0.2, 0) is 10.0 Å². The zero-order chi connectivity index (χ0) is 24.5. The molecule has 0 atom stereocenters. The molecule has 1 aliphatic rings. The molecule has 4 N–H and O–H groups in total.